The van der Waals surface area contributed by atoms with Gasteiger partial charge in [0.05, 0.1) is 13.2 Å². The Morgan fingerprint density at radius 3 is 2.87 bits per heavy atom. The Kier molecular flexibility index (Phi) is 5.05. The minimum Gasteiger partial charge on any atom is -0.395 e. The third kappa shape index (κ3) is 3.80. The van der Waals surface area contributed by atoms with Crippen LogP contribution >= 0.6 is 0 Å². The van der Waals surface area contributed by atoms with E-state index in [9.17, 15) is 4.79 Å². The monoisotopic (exact) mass is 214 g/mol. The highest BCUT2D eigenvalue weighted by Crippen LogP contribution is 2.16. The molecule has 1 atom stereocenters. The molecule has 0 radical (unpaired) electrons. The van der Waals surface area contributed by atoms with Gasteiger partial charge in [0, 0.05) is 19.1 Å². The molecule has 0 aromatic carbocycles. The van der Waals surface area contributed by atoms with Crippen molar-refractivity contribution in [1.29, 1.82) is 0 Å². The lowest BCUT2D eigenvalue weighted by atomic mass is 10.0. The average molecular weight is 214 g/mol. The Morgan fingerprint density at radius 2 is 2.27 bits per heavy atom. The number of amides is 1. The Labute approximate surface area is 91.9 Å². The van der Waals surface area contributed by atoms with Crippen LogP contribution in [0.1, 0.15) is 26.2 Å². The zero-order valence-corrected chi connectivity index (χ0v) is 9.78. The highest BCUT2D eigenvalue weighted by molar-refractivity contribution is 5.78. The second-order valence-electron chi connectivity index (χ2n) is 4.39. The van der Waals surface area contributed by atoms with Crippen LogP contribution in [0.4, 0.5) is 0 Å². The van der Waals surface area contributed by atoms with Gasteiger partial charge < -0.3 is 10.0 Å². The van der Waals surface area contributed by atoms with Crippen molar-refractivity contribution >= 4 is 5.91 Å². The first-order valence-electron chi connectivity index (χ1n) is 5.74. The number of nitrogens with zero attached hydrogens (tertiary/aromatic N) is 2. The molecule has 1 aliphatic heterocycles. The summed E-state index contributed by atoms with van der Waals surface area (Å²) >= 11 is 0. The molecule has 15 heavy (non-hydrogen) atoms. The van der Waals surface area contributed by atoms with Crippen molar-refractivity contribution in [2.75, 3.05) is 33.3 Å². The van der Waals surface area contributed by atoms with Gasteiger partial charge in [-0.1, -0.05) is 0 Å². The molecule has 0 aromatic heterocycles. The lowest BCUT2D eigenvalue weighted by molar-refractivity contribution is -0.135. The van der Waals surface area contributed by atoms with Gasteiger partial charge in [0.2, 0.25) is 5.91 Å². The number of aliphatic hydroxyl groups excluding tert-OH is 1. The van der Waals surface area contributed by atoms with E-state index in [1.165, 1.54) is 6.42 Å². The van der Waals surface area contributed by atoms with E-state index < -0.39 is 0 Å². The van der Waals surface area contributed by atoms with E-state index in [0.29, 0.717) is 19.1 Å². The lowest BCUT2D eigenvalue weighted by Gasteiger charge is -2.34. The van der Waals surface area contributed by atoms with Gasteiger partial charge in [0.25, 0.3) is 0 Å². The van der Waals surface area contributed by atoms with Crippen molar-refractivity contribution in [3.63, 3.8) is 0 Å². The molecule has 88 valence electrons. The number of hydrogen-bond donors (Lipinski definition) is 1. The zero-order valence-electron chi connectivity index (χ0n) is 9.78. The van der Waals surface area contributed by atoms with Crippen molar-refractivity contribution in [1.82, 2.24) is 9.80 Å². The molecule has 0 aliphatic carbocycles. The van der Waals surface area contributed by atoms with Crippen LogP contribution in [0.2, 0.25) is 0 Å². The van der Waals surface area contributed by atoms with Crippen LogP contribution < -0.4 is 0 Å². The third-order valence-corrected chi connectivity index (χ3v) is 3.01. The summed E-state index contributed by atoms with van der Waals surface area (Å²) in [6.07, 6.45) is 3.48. The van der Waals surface area contributed by atoms with Gasteiger partial charge in [-0.3, -0.25) is 9.69 Å². The third-order valence-electron chi connectivity index (χ3n) is 3.01. The van der Waals surface area contributed by atoms with Gasteiger partial charge >= 0.3 is 0 Å². The number of rotatable bonds is 4. The Balaban J connectivity index is 2.37. The molecule has 0 spiro atoms. The number of carbonyl (C=O) groups is 1. The maximum absolute atomic E-state index is 11.9. The zero-order chi connectivity index (χ0) is 11.3. The number of hydrogen-bond acceptors (Lipinski definition) is 3. The van der Waals surface area contributed by atoms with Crippen LogP contribution in [0.15, 0.2) is 0 Å². The van der Waals surface area contributed by atoms with Crippen LogP contribution in [0, 0.1) is 0 Å². The topological polar surface area (TPSA) is 43.8 Å². The van der Waals surface area contributed by atoms with Crippen LogP contribution in [-0.2, 0) is 4.79 Å². The minimum absolute atomic E-state index is 0.110. The van der Waals surface area contributed by atoms with Crippen molar-refractivity contribution < 1.29 is 9.90 Å². The fraction of sp³-hybridized carbons (Fsp3) is 0.909. The maximum Gasteiger partial charge on any atom is 0.236 e. The fourth-order valence-corrected chi connectivity index (χ4v) is 2.04. The molecule has 0 unspecified atom stereocenters. The first kappa shape index (κ1) is 12.5. The van der Waals surface area contributed by atoms with Crippen molar-refractivity contribution in [2.24, 2.45) is 0 Å². The fourth-order valence-electron chi connectivity index (χ4n) is 2.04. The number of likely N-dealkylation sites (tertiary alicyclic amines) is 1. The van der Waals surface area contributed by atoms with Gasteiger partial charge in [0.15, 0.2) is 0 Å². The summed E-state index contributed by atoms with van der Waals surface area (Å²) in [6, 6.07) is 0.383. The molecule has 4 heteroatoms. The van der Waals surface area contributed by atoms with E-state index in [-0.39, 0.29) is 12.5 Å². The van der Waals surface area contributed by atoms with Crippen LogP contribution in [0.25, 0.3) is 0 Å². The number of aliphatic hydroxyl groups is 1. The molecule has 1 rings (SSSR count). The summed E-state index contributed by atoms with van der Waals surface area (Å²) in [7, 11) is 1.86. The number of carbonyl (C=O) groups excluding carboxylic acids is 1. The highest BCUT2D eigenvalue weighted by Gasteiger charge is 2.23. The first-order chi connectivity index (χ1) is 7.15. The van der Waals surface area contributed by atoms with E-state index in [1.54, 1.807) is 0 Å². The van der Waals surface area contributed by atoms with Gasteiger partial charge in [-0.2, -0.15) is 0 Å². The minimum atomic E-state index is 0.110. The molecular weight excluding hydrogens is 192 g/mol. The molecule has 0 aromatic rings. The predicted octanol–water partition coefficient (Wildman–Crippen LogP) is 0.311. The van der Waals surface area contributed by atoms with Crippen LogP contribution in [0.3, 0.4) is 0 Å². The SMILES string of the molecule is C[C@H]1CCCCN1C(=O)CN(C)CCO. The molecule has 4 nitrogen and oxygen atoms in total. The van der Waals surface area contributed by atoms with Crippen molar-refractivity contribution in [3.05, 3.63) is 0 Å². The quantitative estimate of drug-likeness (QED) is 0.732. The summed E-state index contributed by atoms with van der Waals surface area (Å²) in [5.41, 5.74) is 0. The van der Waals surface area contributed by atoms with Crippen molar-refractivity contribution in [2.45, 2.75) is 32.2 Å². The smallest absolute Gasteiger partial charge is 0.236 e. The molecule has 0 saturated carbocycles. The largest absolute Gasteiger partial charge is 0.395 e. The van der Waals surface area contributed by atoms with Gasteiger partial charge in [-0.15, -0.1) is 0 Å². The molecule has 1 N–H and O–H groups in total. The van der Waals surface area contributed by atoms with E-state index in [4.69, 9.17) is 5.11 Å². The average Bonchev–Trinajstić information content (AvgIpc) is 2.18. The summed E-state index contributed by atoms with van der Waals surface area (Å²) in [6.45, 7) is 4.11. The van der Waals surface area contributed by atoms with E-state index in [2.05, 4.69) is 6.92 Å². The van der Waals surface area contributed by atoms with E-state index in [1.807, 2.05) is 16.8 Å². The van der Waals surface area contributed by atoms with Crippen LogP contribution in [0.5, 0.6) is 0 Å². The molecule has 1 aliphatic rings. The summed E-state index contributed by atoms with van der Waals surface area (Å²) < 4.78 is 0. The number of likely N-dealkylation sites (N-methyl/N-ethyl adjacent to an activating group) is 1. The molecular formula is C11H22N2O2. The number of piperidine rings is 1. The molecule has 1 saturated heterocycles. The second-order valence-corrected chi connectivity index (χ2v) is 4.39. The molecule has 1 fully saturated rings. The normalized spacial score (nSPS) is 22.1. The molecule has 0 bridgehead atoms. The first-order valence-corrected chi connectivity index (χ1v) is 5.74. The van der Waals surface area contributed by atoms with Gasteiger partial charge in [0.1, 0.15) is 0 Å². The van der Waals surface area contributed by atoms with E-state index >= 15 is 0 Å². The Hall–Kier alpha value is -0.610. The van der Waals surface area contributed by atoms with E-state index in [0.717, 1.165) is 19.4 Å². The summed E-state index contributed by atoms with van der Waals surface area (Å²) in [5.74, 6) is 0.193. The highest BCUT2D eigenvalue weighted by atomic mass is 16.3. The Bertz CT molecular complexity index is 209. The standard InChI is InChI=1S/C11H22N2O2/c1-10-5-3-4-6-13(10)11(15)9-12(2)7-8-14/h10,14H,3-9H2,1-2H3/t10-/m0/s1. The molecule has 1 amide bonds. The lowest BCUT2D eigenvalue weighted by Crippen LogP contribution is -2.46. The van der Waals surface area contributed by atoms with Gasteiger partial charge in [-0.25, -0.2) is 0 Å². The summed E-state index contributed by atoms with van der Waals surface area (Å²) in [5, 5.41) is 8.75. The predicted molar refractivity (Wildman–Crippen MR) is 59.6 cm³/mol. The van der Waals surface area contributed by atoms with Crippen LogP contribution in [-0.4, -0.2) is 60.1 Å². The molecule has 1 heterocycles. The Morgan fingerprint density at radius 1 is 1.53 bits per heavy atom. The van der Waals surface area contributed by atoms with Gasteiger partial charge in [-0.05, 0) is 33.2 Å². The second kappa shape index (κ2) is 6.08. The maximum atomic E-state index is 11.9. The summed E-state index contributed by atoms with van der Waals surface area (Å²) in [4.78, 5) is 15.7. The van der Waals surface area contributed by atoms with Crippen molar-refractivity contribution in [3.8, 4) is 0 Å².